The number of fused-ring (bicyclic) bond motifs is 1. The maximum atomic E-state index is 12.3. The van der Waals surface area contributed by atoms with E-state index >= 15 is 0 Å². The van der Waals surface area contributed by atoms with Crippen LogP contribution in [0.5, 0.6) is 5.88 Å². The molecule has 2 amide bonds. The highest BCUT2D eigenvalue weighted by atomic mass is 16.5. The quantitative estimate of drug-likeness (QED) is 0.925. The van der Waals surface area contributed by atoms with Gasteiger partial charge in [0.15, 0.2) is 0 Å². The lowest BCUT2D eigenvalue weighted by Crippen LogP contribution is -2.45. The summed E-state index contributed by atoms with van der Waals surface area (Å²) in [5.41, 5.74) is 1.51. The Balaban J connectivity index is 1.73. The zero-order valence-corrected chi connectivity index (χ0v) is 13.2. The number of nitrogens with zero attached hydrogens (tertiary/aromatic N) is 2. The van der Waals surface area contributed by atoms with Crippen LogP contribution in [0, 0.1) is 5.92 Å². The van der Waals surface area contributed by atoms with Gasteiger partial charge < -0.3 is 15.0 Å². The van der Waals surface area contributed by atoms with E-state index in [4.69, 9.17) is 4.74 Å². The molecule has 6 heteroatoms. The minimum Gasteiger partial charge on any atom is -0.481 e. The first-order valence-electron chi connectivity index (χ1n) is 7.60. The minimum atomic E-state index is -0.176. The number of amides is 2. The van der Waals surface area contributed by atoms with Gasteiger partial charge in [0.2, 0.25) is 5.88 Å². The number of benzene rings is 1. The van der Waals surface area contributed by atoms with E-state index in [1.54, 1.807) is 18.1 Å². The van der Waals surface area contributed by atoms with Crippen LogP contribution in [-0.2, 0) is 4.79 Å². The van der Waals surface area contributed by atoms with Crippen molar-refractivity contribution in [2.75, 3.05) is 25.5 Å². The highest BCUT2D eigenvalue weighted by molar-refractivity contribution is 5.94. The largest absolute Gasteiger partial charge is 0.481 e. The lowest BCUT2D eigenvalue weighted by Gasteiger charge is -2.30. The van der Waals surface area contributed by atoms with E-state index in [2.05, 4.69) is 10.3 Å². The van der Waals surface area contributed by atoms with Crippen LogP contribution < -0.4 is 10.1 Å². The maximum absolute atomic E-state index is 12.3. The molecule has 0 saturated carbocycles. The highest BCUT2D eigenvalue weighted by Crippen LogP contribution is 2.21. The van der Waals surface area contributed by atoms with Gasteiger partial charge in [-0.3, -0.25) is 4.79 Å². The topological polar surface area (TPSA) is 71.5 Å². The summed E-state index contributed by atoms with van der Waals surface area (Å²) in [4.78, 5) is 29.9. The molecule has 0 spiro atoms. The second-order valence-corrected chi connectivity index (χ2v) is 5.75. The van der Waals surface area contributed by atoms with Gasteiger partial charge in [0, 0.05) is 42.6 Å². The molecule has 0 aliphatic carbocycles. The molecular weight excluding hydrogens is 294 g/mol. The molecule has 2 aromatic rings. The first kappa shape index (κ1) is 15.3. The first-order valence-corrected chi connectivity index (χ1v) is 7.60. The van der Waals surface area contributed by atoms with Crippen molar-refractivity contribution in [3.8, 4) is 5.88 Å². The molecule has 1 atom stereocenters. The monoisotopic (exact) mass is 313 g/mol. The number of carbonyl (C=O) groups excluding carboxylic acids is 2. The fraction of sp³-hybridized carbons (Fsp3) is 0.353. The number of pyridine rings is 1. The standard InChI is InChI=1S/C17H19N3O3/c1-11-10-20(8-7-15(11)21)17(22)18-13-4-5-14-12(9-13)3-6-16(19-14)23-2/h3-6,9,11H,7-8,10H2,1-2H3,(H,18,22). The number of hydrogen-bond donors (Lipinski definition) is 1. The zero-order chi connectivity index (χ0) is 16.4. The molecule has 1 aromatic heterocycles. The number of anilines is 1. The summed E-state index contributed by atoms with van der Waals surface area (Å²) in [6, 6.07) is 9.04. The molecule has 1 aliphatic heterocycles. The molecule has 3 rings (SSSR count). The van der Waals surface area contributed by atoms with Crippen LogP contribution in [-0.4, -0.2) is 41.9 Å². The van der Waals surface area contributed by atoms with Gasteiger partial charge in [-0.1, -0.05) is 6.92 Å². The smallest absolute Gasteiger partial charge is 0.321 e. The Morgan fingerprint density at radius 1 is 1.35 bits per heavy atom. The van der Waals surface area contributed by atoms with Crippen molar-refractivity contribution in [2.24, 2.45) is 5.92 Å². The van der Waals surface area contributed by atoms with Gasteiger partial charge in [-0.05, 0) is 24.3 Å². The number of urea groups is 1. The molecular formula is C17H19N3O3. The van der Waals surface area contributed by atoms with E-state index in [-0.39, 0.29) is 17.7 Å². The molecule has 2 heterocycles. The van der Waals surface area contributed by atoms with Crippen LogP contribution >= 0.6 is 0 Å². The average Bonchev–Trinajstić information content (AvgIpc) is 2.56. The van der Waals surface area contributed by atoms with Crippen molar-refractivity contribution in [3.63, 3.8) is 0 Å². The molecule has 1 aliphatic rings. The Hall–Kier alpha value is -2.63. The number of ether oxygens (including phenoxy) is 1. The summed E-state index contributed by atoms with van der Waals surface area (Å²) >= 11 is 0. The highest BCUT2D eigenvalue weighted by Gasteiger charge is 2.26. The van der Waals surface area contributed by atoms with Crippen LogP contribution in [0.1, 0.15) is 13.3 Å². The number of piperidine rings is 1. The predicted molar refractivity (Wildman–Crippen MR) is 87.7 cm³/mol. The Labute approximate surface area is 134 Å². The predicted octanol–water partition coefficient (Wildman–Crippen LogP) is 2.69. The second kappa shape index (κ2) is 6.24. The lowest BCUT2D eigenvalue weighted by atomic mass is 9.99. The lowest BCUT2D eigenvalue weighted by molar-refractivity contribution is -0.124. The normalized spacial score (nSPS) is 18.1. The summed E-state index contributed by atoms with van der Waals surface area (Å²) in [7, 11) is 1.58. The number of carbonyl (C=O) groups is 2. The second-order valence-electron chi connectivity index (χ2n) is 5.75. The molecule has 1 unspecified atom stereocenters. The van der Waals surface area contributed by atoms with Gasteiger partial charge in [0.1, 0.15) is 5.78 Å². The van der Waals surface area contributed by atoms with E-state index in [0.717, 1.165) is 10.9 Å². The summed E-state index contributed by atoms with van der Waals surface area (Å²) in [5.74, 6) is 0.684. The average molecular weight is 313 g/mol. The number of ketones is 1. The number of aromatic nitrogens is 1. The minimum absolute atomic E-state index is 0.0947. The Kier molecular flexibility index (Phi) is 4.14. The van der Waals surface area contributed by atoms with Crippen molar-refractivity contribution in [1.82, 2.24) is 9.88 Å². The van der Waals surface area contributed by atoms with Gasteiger partial charge in [-0.2, -0.15) is 0 Å². The Bertz CT molecular complexity index is 760. The molecule has 23 heavy (non-hydrogen) atoms. The number of Topliss-reactive ketones (excluding diaryl/α,β-unsaturated/α-hetero) is 1. The molecule has 6 nitrogen and oxygen atoms in total. The van der Waals surface area contributed by atoms with Crippen molar-refractivity contribution < 1.29 is 14.3 Å². The summed E-state index contributed by atoms with van der Waals surface area (Å²) in [5, 5.41) is 3.81. The molecule has 1 aromatic carbocycles. The number of likely N-dealkylation sites (tertiary alicyclic amines) is 1. The van der Waals surface area contributed by atoms with E-state index in [9.17, 15) is 9.59 Å². The summed E-state index contributed by atoms with van der Waals surface area (Å²) in [6.07, 6.45) is 0.427. The van der Waals surface area contributed by atoms with Crippen LogP contribution in [0.15, 0.2) is 30.3 Å². The fourth-order valence-electron chi connectivity index (χ4n) is 2.70. The van der Waals surface area contributed by atoms with Gasteiger partial charge >= 0.3 is 6.03 Å². The third kappa shape index (κ3) is 3.26. The van der Waals surface area contributed by atoms with Gasteiger partial charge in [0.05, 0.1) is 12.6 Å². The van der Waals surface area contributed by atoms with Gasteiger partial charge in [-0.25, -0.2) is 9.78 Å². The van der Waals surface area contributed by atoms with E-state index in [0.29, 0.717) is 31.1 Å². The van der Waals surface area contributed by atoms with Gasteiger partial charge in [-0.15, -0.1) is 0 Å². The number of methoxy groups -OCH3 is 1. The number of hydrogen-bond acceptors (Lipinski definition) is 4. The summed E-state index contributed by atoms with van der Waals surface area (Å²) in [6.45, 7) is 2.80. The molecule has 1 N–H and O–H groups in total. The van der Waals surface area contributed by atoms with Crippen LogP contribution in [0.3, 0.4) is 0 Å². The SMILES string of the molecule is COc1ccc2cc(NC(=O)N3CCC(=O)C(C)C3)ccc2n1. The number of nitrogens with one attached hydrogen (secondary N) is 1. The first-order chi connectivity index (χ1) is 11.1. The van der Waals surface area contributed by atoms with Crippen LogP contribution in [0.25, 0.3) is 10.9 Å². The van der Waals surface area contributed by atoms with Crippen molar-refractivity contribution in [2.45, 2.75) is 13.3 Å². The molecule has 1 fully saturated rings. The maximum Gasteiger partial charge on any atom is 0.321 e. The van der Waals surface area contributed by atoms with Crippen molar-refractivity contribution >= 4 is 28.4 Å². The van der Waals surface area contributed by atoms with E-state index < -0.39 is 0 Å². The zero-order valence-electron chi connectivity index (χ0n) is 13.2. The Morgan fingerprint density at radius 2 is 2.17 bits per heavy atom. The van der Waals surface area contributed by atoms with E-state index in [1.807, 2.05) is 31.2 Å². The number of rotatable bonds is 2. The van der Waals surface area contributed by atoms with Crippen LogP contribution in [0.4, 0.5) is 10.5 Å². The van der Waals surface area contributed by atoms with Crippen LogP contribution in [0.2, 0.25) is 0 Å². The Morgan fingerprint density at radius 3 is 2.91 bits per heavy atom. The van der Waals surface area contributed by atoms with E-state index in [1.165, 1.54) is 0 Å². The van der Waals surface area contributed by atoms with Gasteiger partial charge in [0.25, 0.3) is 0 Å². The summed E-state index contributed by atoms with van der Waals surface area (Å²) < 4.78 is 5.10. The fourth-order valence-corrected chi connectivity index (χ4v) is 2.70. The molecule has 120 valence electrons. The molecule has 0 radical (unpaired) electrons. The van der Waals surface area contributed by atoms with Crippen molar-refractivity contribution in [1.29, 1.82) is 0 Å². The van der Waals surface area contributed by atoms with Crippen molar-refractivity contribution in [3.05, 3.63) is 30.3 Å². The molecule has 1 saturated heterocycles. The third-order valence-electron chi connectivity index (χ3n) is 4.08. The third-order valence-corrected chi connectivity index (χ3v) is 4.08. The molecule has 0 bridgehead atoms.